The van der Waals surface area contributed by atoms with E-state index < -0.39 is 5.97 Å². The highest BCUT2D eigenvalue weighted by Gasteiger charge is 2.16. The van der Waals surface area contributed by atoms with Crippen LogP contribution in [0.5, 0.6) is 0 Å². The fraction of sp³-hybridized carbons (Fsp3) is 0.148. The van der Waals surface area contributed by atoms with Crippen LogP contribution in [-0.2, 0) is 11.2 Å². The van der Waals surface area contributed by atoms with Gasteiger partial charge in [-0.3, -0.25) is 9.89 Å². The monoisotopic (exact) mass is 421 g/mol. The molecule has 0 aliphatic heterocycles. The van der Waals surface area contributed by atoms with Crippen LogP contribution < -0.4 is 0 Å². The molecule has 158 valence electrons. The Labute approximate surface area is 186 Å². The number of carbonyl (C=O) groups is 1. The van der Waals surface area contributed by atoms with Gasteiger partial charge < -0.3 is 5.11 Å². The molecule has 2 N–H and O–H groups in total. The molecule has 0 saturated heterocycles. The van der Waals surface area contributed by atoms with Crippen molar-refractivity contribution in [3.8, 4) is 6.07 Å². The molecule has 0 spiro atoms. The van der Waals surface area contributed by atoms with E-state index in [0.717, 1.165) is 50.7 Å². The molecule has 1 aromatic heterocycles. The second-order valence-electron chi connectivity index (χ2n) is 7.63. The summed E-state index contributed by atoms with van der Waals surface area (Å²) in [6.45, 7) is 2.10. The largest absolute Gasteiger partial charge is 0.481 e. The van der Waals surface area contributed by atoms with Gasteiger partial charge in [-0.15, -0.1) is 0 Å². The fourth-order valence-electron chi connectivity index (χ4n) is 4.05. The molecule has 0 atom stereocenters. The van der Waals surface area contributed by atoms with Crippen molar-refractivity contribution in [2.45, 2.75) is 26.2 Å². The molecule has 0 saturated carbocycles. The van der Waals surface area contributed by atoms with Crippen LogP contribution in [0.3, 0.4) is 0 Å². The summed E-state index contributed by atoms with van der Waals surface area (Å²) in [4.78, 5) is 10.9. The zero-order chi connectivity index (χ0) is 22.5. The number of nitrogens with one attached hydrogen (secondary N) is 1. The van der Waals surface area contributed by atoms with Crippen molar-refractivity contribution in [1.29, 1.82) is 5.26 Å². The van der Waals surface area contributed by atoms with Crippen LogP contribution in [0.15, 0.2) is 72.9 Å². The Morgan fingerprint density at radius 1 is 1.06 bits per heavy atom. The average molecular weight is 422 g/mol. The number of aromatic nitrogens is 2. The predicted octanol–water partition coefficient (Wildman–Crippen LogP) is 5.82. The van der Waals surface area contributed by atoms with E-state index in [1.807, 2.05) is 54.6 Å². The SMILES string of the molecule is CC/C(=C(/c1ccc(CCC(=O)O)cc1)c1ccc2[nH]ncc2c1)c1ccccc1C#N. The third-order valence-electron chi connectivity index (χ3n) is 5.63. The summed E-state index contributed by atoms with van der Waals surface area (Å²) in [6.07, 6.45) is 3.15. The first kappa shape index (κ1) is 21.1. The Kier molecular flexibility index (Phi) is 6.14. The lowest BCUT2D eigenvalue weighted by Crippen LogP contribution is -1.99. The molecule has 0 fully saturated rings. The lowest BCUT2D eigenvalue weighted by atomic mass is 9.86. The maximum atomic E-state index is 10.9. The minimum atomic E-state index is -0.801. The molecular weight excluding hydrogens is 398 g/mol. The molecule has 0 aliphatic rings. The zero-order valence-electron chi connectivity index (χ0n) is 17.8. The summed E-state index contributed by atoms with van der Waals surface area (Å²) < 4.78 is 0. The maximum Gasteiger partial charge on any atom is 0.303 e. The van der Waals surface area contributed by atoms with Gasteiger partial charge in [0, 0.05) is 11.8 Å². The van der Waals surface area contributed by atoms with E-state index in [0.29, 0.717) is 12.0 Å². The highest BCUT2D eigenvalue weighted by molar-refractivity contribution is 6.01. The Morgan fingerprint density at radius 2 is 1.81 bits per heavy atom. The molecule has 0 aliphatic carbocycles. The maximum absolute atomic E-state index is 10.9. The number of allylic oxidation sites excluding steroid dienone is 1. The summed E-state index contributed by atoms with van der Waals surface area (Å²) in [5, 5.41) is 26.8. The van der Waals surface area contributed by atoms with Gasteiger partial charge in [-0.1, -0.05) is 55.5 Å². The smallest absolute Gasteiger partial charge is 0.303 e. The van der Waals surface area contributed by atoms with Crippen molar-refractivity contribution in [3.05, 3.63) is 101 Å². The third-order valence-corrected chi connectivity index (χ3v) is 5.63. The third kappa shape index (κ3) is 4.30. The first-order valence-electron chi connectivity index (χ1n) is 10.6. The summed E-state index contributed by atoms with van der Waals surface area (Å²) in [5.74, 6) is -0.801. The van der Waals surface area contributed by atoms with Gasteiger partial charge in [0.05, 0.1) is 23.3 Å². The summed E-state index contributed by atoms with van der Waals surface area (Å²) in [6, 6.07) is 24.2. The van der Waals surface area contributed by atoms with Crippen molar-refractivity contribution < 1.29 is 9.90 Å². The van der Waals surface area contributed by atoms with Crippen LogP contribution in [-0.4, -0.2) is 21.3 Å². The average Bonchev–Trinajstić information content (AvgIpc) is 3.29. The number of nitrogens with zero attached hydrogens (tertiary/aromatic N) is 2. The van der Waals surface area contributed by atoms with Gasteiger partial charge in [-0.05, 0) is 64.4 Å². The second-order valence-corrected chi connectivity index (χ2v) is 7.63. The van der Waals surface area contributed by atoms with Gasteiger partial charge in [0.1, 0.15) is 0 Å². The topological polar surface area (TPSA) is 89.8 Å². The van der Waals surface area contributed by atoms with Crippen LogP contribution in [0, 0.1) is 11.3 Å². The Bertz CT molecular complexity index is 1340. The lowest BCUT2D eigenvalue weighted by molar-refractivity contribution is -0.136. The zero-order valence-corrected chi connectivity index (χ0v) is 17.8. The molecule has 5 nitrogen and oxygen atoms in total. The number of nitriles is 1. The Balaban J connectivity index is 1.91. The molecule has 0 bridgehead atoms. The van der Waals surface area contributed by atoms with E-state index >= 15 is 0 Å². The molecule has 4 aromatic rings. The standard InChI is InChI=1S/C27H23N3O2/c1-2-23(24-6-4-3-5-21(24)16-28)27(20-12-13-25-22(15-20)17-29-30-25)19-10-7-18(8-11-19)9-14-26(31)32/h3-8,10-13,15,17H,2,9,14H2,1H3,(H,29,30)(H,31,32)/b27-23+. The van der Waals surface area contributed by atoms with E-state index in [4.69, 9.17) is 5.11 Å². The molecule has 0 amide bonds. The predicted molar refractivity (Wildman–Crippen MR) is 126 cm³/mol. The number of carboxylic acid groups (broad SMARTS) is 1. The number of fused-ring (bicyclic) bond motifs is 1. The summed E-state index contributed by atoms with van der Waals surface area (Å²) in [5.41, 5.74) is 7.73. The molecular formula is C27H23N3O2. The van der Waals surface area contributed by atoms with Gasteiger partial charge in [-0.2, -0.15) is 10.4 Å². The molecule has 5 heteroatoms. The van der Waals surface area contributed by atoms with Crippen LogP contribution in [0.1, 0.15) is 47.6 Å². The number of aliphatic carboxylic acids is 1. The second kappa shape index (κ2) is 9.32. The summed E-state index contributed by atoms with van der Waals surface area (Å²) >= 11 is 0. The van der Waals surface area contributed by atoms with Crippen molar-refractivity contribution in [2.75, 3.05) is 0 Å². The highest BCUT2D eigenvalue weighted by atomic mass is 16.4. The number of rotatable bonds is 7. The molecule has 0 radical (unpaired) electrons. The van der Waals surface area contributed by atoms with Gasteiger partial charge in [-0.25, -0.2) is 0 Å². The minimum absolute atomic E-state index is 0.106. The van der Waals surface area contributed by atoms with E-state index in [2.05, 4.69) is 35.3 Å². The van der Waals surface area contributed by atoms with E-state index in [1.165, 1.54) is 0 Å². The summed E-state index contributed by atoms with van der Waals surface area (Å²) in [7, 11) is 0. The highest BCUT2D eigenvalue weighted by Crippen LogP contribution is 2.36. The first-order valence-corrected chi connectivity index (χ1v) is 10.6. The minimum Gasteiger partial charge on any atom is -0.481 e. The van der Waals surface area contributed by atoms with Gasteiger partial charge in [0.2, 0.25) is 0 Å². The normalized spacial score (nSPS) is 11.8. The quantitative estimate of drug-likeness (QED) is 0.368. The van der Waals surface area contributed by atoms with Crippen molar-refractivity contribution >= 4 is 28.0 Å². The Hall–Kier alpha value is -4.17. The molecule has 1 heterocycles. The van der Waals surface area contributed by atoms with Crippen LogP contribution >= 0.6 is 0 Å². The van der Waals surface area contributed by atoms with Crippen molar-refractivity contribution in [1.82, 2.24) is 10.2 Å². The lowest BCUT2D eigenvalue weighted by Gasteiger charge is -2.17. The number of hydrogen-bond donors (Lipinski definition) is 2. The number of H-pyrrole nitrogens is 1. The number of carboxylic acids is 1. The van der Waals surface area contributed by atoms with Crippen LogP contribution in [0.4, 0.5) is 0 Å². The van der Waals surface area contributed by atoms with Crippen LogP contribution in [0.2, 0.25) is 0 Å². The molecule has 0 unspecified atom stereocenters. The fourth-order valence-corrected chi connectivity index (χ4v) is 4.05. The first-order chi connectivity index (χ1) is 15.6. The number of aromatic amines is 1. The molecule has 32 heavy (non-hydrogen) atoms. The van der Waals surface area contributed by atoms with Gasteiger partial charge >= 0.3 is 5.97 Å². The number of aryl methyl sites for hydroxylation is 1. The van der Waals surface area contributed by atoms with Gasteiger partial charge in [0.25, 0.3) is 0 Å². The Morgan fingerprint density at radius 3 is 2.53 bits per heavy atom. The molecule has 4 rings (SSSR count). The van der Waals surface area contributed by atoms with E-state index in [-0.39, 0.29) is 6.42 Å². The number of hydrogen-bond acceptors (Lipinski definition) is 3. The van der Waals surface area contributed by atoms with E-state index in [1.54, 1.807) is 6.20 Å². The molecule has 3 aromatic carbocycles. The van der Waals surface area contributed by atoms with E-state index in [9.17, 15) is 10.1 Å². The van der Waals surface area contributed by atoms with Crippen molar-refractivity contribution in [2.24, 2.45) is 0 Å². The van der Waals surface area contributed by atoms with Crippen LogP contribution in [0.25, 0.3) is 22.0 Å². The van der Waals surface area contributed by atoms with Crippen molar-refractivity contribution in [3.63, 3.8) is 0 Å². The number of benzene rings is 3. The van der Waals surface area contributed by atoms with Gasteiger partial charge in [0.15, 0.2) is 0 Å².